The predicted molar refractivity (Wildman–Crippen MR) is 84.1 cm³/mol. The van der Waals surface area contributed by atoms with Gasteiger partial charge >= 0.3 is 0 Å². The van der Waals surface area contributed by atoms with Gasteiger partial charge < -0.3 is 14.8 Å². The molecule has 2 rings (SSSR count). The highest BCUT2D eigenvalue weighted by Crippen LogP contribution is 2.16. The Morgan fingerprint density at radius 2 is 1.95 bits per heavy atom. The maximum Gasteiger partial charge on any atom is 0.220 e. The number of hydrogen-bond acceptors (Lipinski definition) is 4. The van der Waals surface area contributed by atoms with E-state index < -0.39 is 0 Å². The van der Waals surface area contributed by atoms with Crippen LogP contribution >= 0.6 is 11.3 Å². The number of methoxy groups -OCH3 is 1. The van der Waals surface area contributed by atoms with Crippen molar-refractivity contribution in [3.63, 3.8) is 0 Å². The normalized spacial score (nSPS) is 10.1. The molecule has 5 heteroatoms. The number of carbonyl (C=O) groups excluding carboxylic acids is 1. The number of benzene rings is 1. The lowest BCUT2D eigenvalue weighted by Gasteiger charge is -2.08. The Kier molecular flexibility index (Phi) is 6.09. The SMILES string of the molecule is COc1ccc(OCCNC(=O)CCc2cccs2)cc1. The average Bonchev–Trinajstić information content (AvgIpc) is 3.03. The summed E-state index contributed by atoms with van der Waals surface area (Å²) in [7, 11) is 1.63. The van der Waals surface area contributed by atoms with E-state index in [0.29, 0.717) is 19.6 Å². The molecule has 2 aromatic rings. The van der Waals surface area contributed by atoms with E-state index in [1.165, 1.54) is 4.88 Å². The van der Waals surface area contributed by atoms with Gasteiger partial charge in [-0.1, -0.05) is 6.07 Å². The van der Waals surface area contributed by atoms with Crippen molar-refractivity contribution in [2.75, 3.05) is 20.3 Å². The lowest BCUT2D eigenvalue weighted by atomic mass is 10.2. The Morgan fingerprint density at radius 1 is 1.19 bits per heavy atom. The van der Waals surface area contributed by atoms with E-state index in [2.05, 4.69) is 5.32 Å². The van der Waals surface area contributed by atoms with Crippen LogP contribution in [0.4, 0.5) is 0 Å². The van der Waals surface area contributed by atoms with E-state index in [9.17, 15) is 4.79 Å². The molecule has 0 fully saturated rings. The van der Waals surface area contributed by atoms with Gasteiger partial charge in [0.1, 0.15) is 18.1 Å². The number of thiophene rings is 1. The third kappa shape index (κ3) is 5.47. The van der Waals surface area contributed by atoms with Crippen LogP contribution in [0.5, 0.6) is 11.5 Å². The van der Waals surface area contributed by atoms with Crippen molar-refractivity contribution in [2.24, 2.45) is 0 Å². The number of rotatable bonds is 8. The van der Waals surface area contributed by atoms with Crippen LogP contribution in [0.3, 0.4) is 0 Å². The number of ether oxygens (including phenoxy) is 2. The summed E-state index contributed by atoms with van der Waals surface area (Å²) in [5.74, 6) is 1.62. The van der Waals surface area contributed by atoms with Crippen LogP contribution < -0.4 is 14.8 Å². The second-order valence-corrected chi connectivity index (χ2v) is 5.49. The van der Waals surface area contributed by atoms with Gasteiger partial charge in [-0.15, -0.1) is 11.3 Å². The molecule has 0 saturated heterocycles. The average molecular weight is 305 g/mol. The zero-order valence-corrected chi connectivity index (χ0v) is 12.8. The lowest BCUT2D eigenvalue weighted by molar-refractivity contribution is -0.121. The standard InChI is InChI=1S/C16H19NO3S/c1-19-13-4-6-14(7-5-13)20-11-10-17-16(18)9-8-15-3-2-12-21-15/h2-7,12H,8-11H2,1H3,(H,17,18). The van der Waals surface area contributed by atoms with Gasteiger partial charge in [0.25, 0.3) is 0 Å². The summed E-state index contributed by atoms with van der Waals surface area (Å²) in [6.45, 7) is 0.965. The van der Waals surface area contributed by atoms with Crippen molar-refractivity contribution in [3.8, 4) is 11.5 Å². The molecule has 4 nitrogen and oxygen atoms in total. The fourth-order valence-electron chi connectivity index (χ4n) is 1.81. The van der Waals surface area contributed by atoms with Gasteiger partial charge in [-0.25, -0.2) is 0 Å². The van der Waals surface area contributed by atoms with Gasteiger partial charge in [-0.3, -0.25) is 4.79 Å². The molecule has 0 saturated carbocycles. The molecule has 0 bridgehead atoms. The maximum absolute atomic E-state index is 11.7. The van der Waals surface area contributed by atoms with Crippen LogP contribution in [-0.4, -0.2) is 26.2 Å². The van der Waals surface area contributed by atoms with Crippen LogP contribution in [0.1, 0.15) is 11.3 Å². The number of hydrogen-bond donors (Lipinski definition) is 1. The first-order valence-corrected chi connectivity index (χ1v) is 7.72. The minimum Gasteiger partial charge on any atom is -0.497 e. The molecule has 0 aliphatic carbocycles. The molecule has 0 aliphatic heterocycles. The number of nitrogens with one attached hydrogen (secondary N) is 1. The van der Waals surface area contributed by atoms with Gasteiger partial charge in [-0.05, 0) is 42.1 Å². The molecular formula is C16H19NO3S. The summed E-state index contributed by atoms with van der Waals surface area (Å²) < 4.78 is 10.6. The van der Waals surface area contributed by atoms with Gasteiger partial charge in [-0.2, -0.15) is 0 Å². The highest BCUT2D eigenvalue weighted by molar-refractivity contribution is 7.09. The monoisotopic (exact) mass is 305 g/mol. The smallest absolute Gasteiger partial charge is 0.220 e. The van der Waals surface area contributed by atoms with Gasteiger partial charge in [0.15, 0.2) is 0 Å². The highest BCUT2D eigenvalue weighted by Gasteiger charge is 2.02. The van der Waals surface area contributed by atoms with E-state index in [4.69, 9.17) is 9.47 Å². The van der Waals surface area contributed by atoms with Crippen molar-refractivity contribution < 1.29 is 14.3 Å². The number of carbonyl (C=O) groups is 1. The number of aryl methyl sites for hydroxylation is 1. The molecule has 112 valence electrons. The van der Waals surface area contributed by atoms with E-state index in [-0.39, 0.29) is 5.91 Å². The summed E-state index contributed by atoms with van der Waals surface area (Å²) >= 11 is 1.68. The topological polar surface area (TPSA) is 47.6 Å². The Labute approximate surface area is 128 Å². The molecule has 0 unspecified atom stereocenters. The number of amides is 1. The van der Waals surface area contributed by atoms with Crippen LogP contribution in [0.2, 0.25) is 0 Å². The van der Waals surface area contributed by atoms with Crippen LogP contribution in [0, 0.1) is 0 Å². The van der Waals surface area contributed by atoms with Crippen LogP contribution in [0.15, 0.2) is 41.8 Å². The van der Waals surface area contributed by atoms with Crippen molar-refractivity contribution >= 4 is 17.2 Å². The fourth-order valence-corrected chi connectivity index (χ4v) is 2.52. The maximum atomic E-state index is 11.7. The molecular weight excluding hydrogens is 286 g/mol. The molecule has 1 aromatic carbocycles. The van der Waals surface area contributed by atoms with Gasteiger partial charge in [0, 0.05) is 11.3 Å². The first-order valence-electron chi connectivity index (χ1n) is 6.84. The molecule has 0 atom stereocenters. The highest BCUT2D eigenvalue weighted by atomic mass is 32.1. The summed E-state index contributed by atoms with van der Waals surface area (Å²) in [5.41, 5.74) is 0. The minimum atomic E-state index is 0.0572. The van der Waals surface area contributed by atoms with Crippen molar-refractivity contribution in [1.82, 2.24) is 5.32 Å². The van der Waals surface area contributed by atoms with Crippen molar-refractivity contribution in [2.45, 2.75) is 12.8 Å². The molecule has 1 N–H and O–H groups in total. The van der Waals surface area contributed by atoms with Crippen LogP contribution in [-0.2, 0) is 11.2 Å². The molecule has 0 radical (unpaired) electrons. The molecule has 21 heavy (non-hydrogen) atoms. The Hall–Kier alpha value is -2.01. The largest absolute Gasteiger partial charge is 0.497 e. The van der Waals surface area contributed by atoms with Crippen molar-refractivity contribution in [1.29, 1.82) is 0 Å². The quantitative estimate of drug-likeness (QED) is 0.763. The second kappa shape index (κ2) is 8.32. The fraction of sp³-hybridized carbons (Fsp3) is 0.312. The first-order chi connectivity index (χ1) is 10.3. The lowest BCUT2D eigenvalue weighted by Crippen LogP contribution is -2.28. The first kappa shape index (κ1) is 15.4. The minimum absolute atomic E-state index is 0.0572. The Morgan fingerprint density at radius 3 is 2.62 bits per heavy atom. The van der Waals surface area contributed by atoms with Gasteiger partial charge in [0.2, 0.25) is 5.91 Å². The van der Waals surface area contributed by atoms with Gasteiger partial charge in [0.05, 0.1) is 13.7 Å². The van der Waals surface area contributed by atoms with E-state index in [0.717, 1.165) is 17.9 Å². The molecule has 0 aliphatic rings. The summed E-state index contributed by atoms with van der Waals surface area (Å²) in [6.07, 6.45) is 1.31. The molecule has 0 spiro atoms. The molecule has 1 heterocycles. The van der Waals surface area contributed by atoms with Crippen molar-refractivity contribution in [3.05, 3.63) is 46.7 Å². The van der Waals surface area contributed by atoms with E-state index in [1.54, 1.807) is 18.4 Å². The third-order valence-corrected chi connectivity index (χ3v) is 3.87. The van der Waals surface area contributed by atoms with E-state index >= 15 is 0 Å². The third-order valence-electron chi connectivity index (χ3n) is 2.93. The summed E-state index contributed by atoms with van der Waals surface area (Å²) in [5, 5.41) is 4.88. The predicted octanol–water partition coefficient (Wildman–Crippen LogP) is 2.88. The Balaban J connectivity index is 1.59. The Bertz CT molecular complexity index is 537. The zero-order valence-electron chi connectivity index (χ0n) is 12.0. The molecule has 1 aromatic heterocycles. The van der Waals surface area contributed by atoms with Crippen LogP contribution in [0.25, 0.3) is 0 Å². The zero-order chi connectivity index (χ0) is 14.9. The summed E-state index contributed by atoms with van der Waals surface area (Å²) in [6, 6.07) is 11.4. The van der Waals surface area contributed by atoms with E-state index in [1.807, 2.05) is 41.8 Å². The molecule has 1 amide bonds. The summed E-state index contributed by atoms with van der Waals surface area (Å²) in [4.78, 5) is 12.9. The second-order valence-electron chi connectivity index (χ2n) is 4.45.